The van der Waals surface area contributed by atoms with Crippen LogP contribution in [0.15, 0.2) is 24.3 Å². The number of piperidine rings is 2. The summed E-state index contributed by atoms with van der Waals surface area (Å²) in [7, 11) is 2.12. The van der Waals surface area contributed by atoms with Crippen molar-refractivity contribution in [3.8, 4) is 0 Å². The summed E-state index contributed by atoms with van der Waals surface area (Å²) < 4.78 is 0. The summed E-state index contributed by atoms with van der Waals surface area (Å²) >= 11 is 0. The number of unbranched alkanes of at least 4 members (excludes halogenated alkanes) is 1. The van der Waals surface area contributed by atoms with Gasteiger partial charge in [0, 0.05) is 23.8 Å². The third kappa shape index (κ3) is 3.26. The zero-order chi connectivity index (χ0) is 14.7. The minimum Gasteiger partial charge on any atom is -0.365 e. The molecule has 0 radical (unpaired) electrons. The van der Waals surface area contributed by atoms with Crippen LogP contribution in [0.1, 0.15) is 57.4 Å². The Hall–Kier alpha value is -1.02. The van der Waals surface area contributed by atoms with Gasteiger partial charge in [-0.25, -0.2) is 0 Å². The van der Waals surface area contributed by atoms with E-state index in [1.807, 2.05) is 0 Å². The molecule has 0 amide bonds. The first-order chi connectivity index (χ1) is 10.3. The van der Waals surface area contributed by atoms with Crippen molar-refractivity contribution in [1.82, 2.24) is 5.32 Å². The largest absolute Gasteiger partial charge is 0.365 e. The predicted molar refractivity (Wildman–Crippen MR) is 91.0 cm³/mol. The van der Waals surface area contributed by atoms with Crippen LogP contribution in [0.25, 0.3) is 0 Å². The molecule has 2 fully saturated rings. The van der Waals surface area contributed by atoms with Crippen molar-refractivity contribution in [2.45, 2.75) is 76.4 Å². The molecule has 2 aliphatic rings. The Labute approximate surface area is 129 Å². The van der Waals surface area contributed by atoms with Gasteiger partial charge in [-0.2, -0.15) is 0 Å². The van der Waals surface area contributed by atoms with E-state index in [9.17, 15) is 0 Å². The molecule has 2 heterocycles. The van der Waals surface area contributed by atoms with Gasteiger partial charge in [-0.05, 0) is 69.7 Å². The molecular weight excluding hydrogens is 256 g/mol. The summed E-state index contributed by atoms with van der Waals surface area (Å²) in [4.78, 5) is 2.74. The number of aryl methyl sites for hydroxylation is 1. The Morgan fingerprint density at radius 1 is 1.10 bits per heavy atom. The monoisotopic (exact) mass is 286 g/mol. The molecule has 0 aromatic heterocycles. The number of nitrogens with one attached hydrogen (secondary N) is 1. The Bertz CT molecular complexity index is 425. The van der Waals surface area contributed by atoms with Gasteiger partial charge in [-0.3, -0.25) is 0 Å². The normalized spacial score (nSPS) is 28.7. The average Bonchev–Trinajstić information content (AvgIpc) is 2.52. The van der Waals surface area contributed by atoms with Crippen molar-refractivity contribution in [1.29, 1.82) is 0 Å². The fourth-order valence-corrected chi connectivity index (χ4v) is 4.25. The molecule has 21 heavy (non-hydrogen) atoms. The molecule has 1 aromatic carbocycles. The van der Waals surface area contributed by atoms with Gasteiger partial charge < -0.3 is 10.2 Å². The predicted octanol–water partition coefficient (Wildman–Crippen LogP) is 4.14. The maximum Gasteiger partial charge on any atom is 0.0371 e. The quantitative estimate of drug-likeness (QED) is 0.875. The lowest BCUT2D eigenvalue weighted by Gasteiger charge is -2.50. The fraction of sp³-hybridized carbons (Fsp3) is 0.684. The van der Waals surface area contributed by atoms with Gasteiger partial charge in [0.1, 0.15) is 0 Å². The molecule has 3 rings (SSSR count). The van der Waals surface area contributed by atoms with Gasteiger partial charge >= 0.3 is 0 Å². The van der Waals surface area contributed by atoms with Crippen molar-refractivity contribution < 1.29 is 0 Å². The first-order valence-corrected chi connectivity index (χ1v) is 8.86. The van der Waals surface area contributed by atoms with E-state index in [2.05, 4.69) is 48.5 Å². The summed E-state index contributed by atoms with van der Waals surface area (Å²) in [5, 5.41) is 3.51. The molecule has 2 nitrogen and oxygen atoms in total. The molecule has 116 valence electrons. The molecule has 2 heteroatoms. The fourth-order valence-electron chi connectivity index (χ4n) is 4.25. The summed E-state index contributed by atoms with van der Waals surface area (Å²) in [5.74, 6) is 0. The molecule has 2 saturated heterocycles. The molecule has 2 bridgehead atoms. The van der Waals surface area contributed by atoms with Crippen molar-refractivity contribution in [3.05, 3.63) is 29.8 Å². The van der Waals surface area contributed by atoms with Crippen LogP contribution in [-0.4, -0.2) is 25.2 Å². The van der Waals surface area contributed by atoms with E-state index in [1.54, 1.807) is 0 Å². The lowest BCUT2D eigenvalue weighted by Crippen LogP contribution is -2.56. The maximum absolute atomic E-state index is 3.51. The molecule has 2 aliphatic heterocycles. The van der Waals surface area contributed by atoms with Crippen LogP contribution in [-0.2, 0) is 6.42 Å². The van der Waals surface area contributed by atoms with E-state index < -0.39 is 0 Å². The molecule has 2 atom stereocenters. The average molecular weight is 286 g/mol. The van der Waals surface area contributed by atoms with Crippen LogP contribution >= 0.6 is 0 Å². The Morgan fingerprint density at radius 3 is 2.33 bits per heavy atom. The maximum atomic E-state index is 3.51. The number of benzene rings is 1. The van der Waals surface area contributed by atoms with Gasteiger partial charge in [-0.15, -0.1) is 0 Å². The summed E-state index contributed by atoms with van der Waals surface area (Å²) in [5.41, 5.74) is 2.95. The van der Waals surface area contributed by atoms with E-state index in [1.165, 1.54) is 62.6 Å². The highest BCUT2D eigenvalue weighted by molar-refractivity contribution is 5.51. The highest BCUT2D eigenvalue weighted by atomic mass is 15.2. The lowest BCUT2D eigenvalue weighted by atomic mass is 9.81. The van der Waals surface area contributed by atoms with Gasteiger partial charge in [0.2, 0.25) is 0 Å². The summed E-state index contributed by atoms with van der Waals surface area (Å²) in [6.07, 6.45) is 10.6. The van der Waals surface area contributed by atoms with Crippen molar-refractivity contribution >= 4 is 5.69 Å². The molecular formula is C19H30N2. The second-order valence-electron chi connectivity index (χ2n) is 6.87. The molecule has 2 unspecified atom stereocenters. The van der Waals surface area contributed by atoms with Crippen molar-refractivity contribution in [2.75, 3.05) is 11.9 Å². The van der Waals surface area contributed by atoms with Crippen LogP contribution in [0.2, 0.25) is 0 Å². The second-order valence-corrected chi connectivity index (χ2v) is 6.87. The molecule has 1 aromatic rings. The van der Waals surface area contributed by atoms with E-state index in [0.29, 0.717) is 0 Å². The smallest absolute Gasteiger partial charge is 0.0371 e. The van der Waals surface area contributed by atoms with E-state index >= 15 is 0 Å². The zero-order valence-electron chi connectivity index (χ0n) is 13.6. The number of hydrogen-bond acceptors (Lipinski definition) is 2. The van der Waals surface area contributed by atoms with Gasteiger partial charge in [0.05, 0.1) is 0 Å². The molecule has 0 aliphatic carbocycles. The third-order valence-corrected chi connectivity index (χ3v) is 5.44. The molecule has 0 saturated carbocycles. The highest BCUT2D eigenvalue weighted by Crippen LogP contribution is 2.37. The van der Waals surface area contributed by atoms with Crippen LogP contribution in [0.5, 0.6) is 0 Å². The van der Waals surface area contributed by atoms with Crippen molar-refractivity contribution in [3.63, 3.8) is 0 Å². The Morgan fingerprint density at radius 2 is 1.76 bits per heavy atom. The Balaban J connectivity index is 1.73. The topological polar surface area (TPSA) is 15.3 Å². The van der Waals surface area contributed by atoms with E-state index in [-0.39, 0.29) is 0 Å². The minimum absolute atomic E-state index is 0.723. The number of nitrogens with zero attached hydrogens (tertiary/aromatic N) is 1. The number of rotatable bonds is 5. The number of hydrogen-bond donors (Lipinski definition) is 1. The number of anilines is 1. The van der Waals surface area contributed by atoms with Crippen LogP contribution in [0.4, 0.5) is 5.69 Å². The first kappa shape index (κ1) is 14.9. The first-order valence-electron chi connectivity index (χ1n) is 8.86. The standard InChI is InChI=1S/C19H30N2/c1-3-4-6-15-9-11-17(12-10-15)21-18-7-5-8-19(21)14-16(13-18)20-2/h9-12,16,18-20H,3-8,13-14H2,1-2H3. The second kappa shape index (κ2) is 6.83. The minimum atomic E-state index is 0.723. The van der Waals surface area contributed by atoms with Crippen LogP contribution < -0.4 is 10.2 Å². The molecule has 1 N–H and O–H groups in total. The summed E-state index contributed by atoms with van der Waals surface area (Å²) in [6, 6.07) is 11.7. The van der Waals surface area contributed by atoms with Crippen molar-refractivity contribution in [2.24, 2.45) is 0 Å². The van der Waals surface area contributed by atoms with Crippen LogP contribution in [0.3, 0.4) is 0 Å². The third-order valence-electron chi connectivity index (χ3n) is 5.44. The van der Waals surface area contributed by atoms with E-state index in [0.717, 1.165) is 18.1 Å². The zero-order valence-corrected chi connectivity index (χ0v) is 13.6. The van der Waals surface area contributed by atoms with Crippen LogP contribution in [0, 0.1) is 0 Å². The van der Waals surface area contributed by atoms with E-state index in [4.69, 9.17) is 0 Å². The Kier molecular flexibility index (Phi) is 4.84. The van der Waals surface area contributed by atoms with Gasteiger partial charge in [0.15, 0.2) is 0 Å². The lowest BCUT2D eigenvalue weighted by molar-refractivity contribution is 0.252. The summed E-state index contributed by atoms with van der Waals surface area (Å²) in [6.45, 7) is 2.27. The number of fused-ring (bicyclic) bond motifs is 2. The SMILES string of the molecule is CCCCc1ccc(N2C3CCCC2CC(NC)C3)cc1. The van der Waals surface area contributed by atoms with Gasteiger partial charge in [0.25, 0.3) is 0 Å². The molecule has 0 spiro atoms. The van der Waals surface area contributed by atoms with Gasteiger partial charge in [-0.1, -0.05) is 25.5 Å². The highest BCUT2D eigenvalue weighted by Gasteiger charge is 2.37.